The number of sulfone groups is 1. The molecule has 0 bridgehead atoms. The molecule has 0 saturated carbocycles. The number of carbonyl (C=O) groups is 1. The van der Waals surface area contributed by atoms with Crippen LogP contribution in [-0.2, 0) is 14.6 Å². The minimum absolute atomic E-state index is 0.0806. The van der Waals surface area contributed by atoms with Gasteiger partial charge in [0.05, 0.1) is 4.90 Å². The minimum atomic E-state index is -3.98. The van der Waals surface area contributed by atoms with Gasteiger partial charge in [-0.3, -0.25) is 0 Å². The molecule has 0 aliphatic carbocycles. The Morgan fingerprint density at radius 2 is 1.80 bits per heavy atom. The van der Waals surface area contributed by atoms with Crippen LogP contribution in [-0.4, -0.2) is 24.9 Å². The first-order chi connectivity index (χ1) is 6.85. The monoisotopic (exact) mass is 229 g/mol. The lowest BCUT2D eigenvalue weighted by Gasteiger charge is -2.08. The summed E-state index contributed by atoms with van der Waals surface area (Å²) in [5.41, 5.74) is 5.96. The van der Waals surface area contributed by atoms with Crippen molar-refractivity contribution < 1.29 is 18.3 Å². The maximum Gasteiger partial charge on any atom is 0.336 e. The number of carboxylic acids is 1. The number of aryl methyl sites for hydroxylation is 1. The van der Waals surface area contributed by atoms with Crippen LogP contribution in [0.1, 0.15) is 5.56 Å². The third-order valence-corrected chi connectivity index (χ3v) is 3.73. The second-order valence-electron chi connectivity index (χ2n) is 3.12. The van der Waals surface area contributed by atoms with Crippen molar-refractivity contribution >= 4 is 15.8 Å². The van der Waals surface area contributed by atoms with Gasteiger partial charge >= 0.3 is 5.97 Å². The van der Waals surface area contributed by atoms with E-state index in [0.29, 0.717) is 0 Å². The summed E-state index contributed by atoms with van der Waals surface area (Å²) in [6.07, 6.45) is 0. The standard InChI is InChI=1S/C9H11NO4S/c1-6-2-4-7(5-3-6)15(13,14)8(10)9(11)12/h2-5,8H,10H2,1H3,(H,11,12). The largest absolute Gasteiger partial charge is 0.479 e. The van der Waals surface area contributed by atoms with E-state index in [9.17, 15) is 13.2 Å². The molecule has 0 fully saturated rings. The molecule has 1 atom stereocenters. The van der Waals surface area contributed by atoms with Gasteiger partial charge in [-0.05, 0) is 19.1 Å². The molecule has 0 aromatic heterocycles. The minimum Gasteiger partial charge on any atom is -0.479 e. The van der Waals surface area contributed by atoms with Crippen molar-refractivity contribution in [2.75, 3.05) is 0 Å². The molecule has 0 saturated heterocycles. The molecule has 0 heterocycles. The van der Waals surface area contributed by atoms with Gasteiger partial charge in [0.2, 0.25) is 15.2 Å². The SMILES string of the molecule is Cc1ccc(S(=O)(=O)C(N)C(=O)O)cc1. The number of hydrogen-bond donors (Lipinski definition) is 2. The maximum atomic E-state index is 11.6. The lowest BCUT2D eigenvalue weighted by Crippen LogP contribution is -2.38. The number of carboxylic acid groups (broad SMARTS) is 1. The Hall–Kier alpha value is -1.40. The highest BCUT2D eigenvalue weighted by atomic mass is 32.2. The molecule has 0 amide bonds. The van der Waals surface area contributed by atoms with Crippen LogP contribution >= 0.6 is 0 Å². The average molecular weight is 229 g/mol. The molecule has 15 heavy (non-hydrogen) atoms. The molecule has 0 aliphatic heterocycles. The Kier molecular flexibility index (Phi) is 3.11. The van der Waals surface area contributed by atoms with Gasteiger partial charge in [-0.15, -0.1) is 0 Å². The van der Waals surface area contributed by atoms with Crippen LogP contribution in [0.5, 0.6) is 0 Å². The quantitative estimate of drug-likeness (QED) is 0.768. The molecule has 0 spiro atoms. The molecule has 1 unspecified atom stereocenters. The summed E-state index contributed by atoms with van der Waals surface area (Å²) in [5.74, 6) is -1.56. The highest BCUT2D eigenvalue weighted by molar-refractivity contribution is 7.92. The van der Waals surface area contributed by atoms with Crippen LogP contribution < -0.4 is 5.73 Å². The van der Waals surface area contributed by atoms with Crippen LogP contribution in [0, 0.1) is 6.92 Å². The van der Waals surface area contributed by atoms with Crippen molar-refractivity contribution in [1.82, 2.24) is 0 Å². The van der Waals surface area contributed by atoms with Crippen molar-refractivity contribution in [2.45, 2.75) is 17.2 Å². The van der Waals surface area contributed by atoms with E-state index >= 15 is 0 Å². The lowest BCUT2D eigenvalue weighted by molar-refractivity contribution is -0.136. The van der Waals surface area contributed by atoms with Gasteiger partial charge in [0.25, 0.3) is 0 Å². The molecule has 82 valence electrons. The summed E-state index contributed by atoms with van der Waals surface area (Å²) in [6, 6.07) is 5.85. The van der Waals surface area contributed by atoms with Gasteiger partial charge in [-0.2, -0.15) is 0 Å². The van der Waals surface area contributed by atoms with Gasteiger partial charge < -0.3 is 10.8 Å². The lowest BCUT2D eigenvalue weighted by atomic mass is 10.2. The number of nitrogens with two attached hydrogens (primary N) is 1. The first kappa shape index (κ1) is 11.7. The van der Waals surface area contributed by atoms with Crippen molar-refractivity contribution in [1.29, 1.82) is 0 Å². The van der Waals surface area contributed by atoms with Gasteiger partial charge in [0.1, 0.15) is 0 Å². The second-order valence-corrected chi connectivity index (χ2v) is 5.19. The summed E-state index contributed by atoms with van der Waals surface area (Å²) in [4.78, 5) is 10.4. The summed E-state index contributed by atoms with van der Waals surface area (Å²) in [5, 5.41) is 6.61. The zero-order chi connectivity index (χ0) is 11.6. The van der Waals surface area contributed by atoms with E-state index in [1.165, 1.54) is 12.1 Å². The highest BCUT2D eigenvalue weighted by Gasteiger charge is 2.29. The number of rotatable bonds is 3. The maximum absolute atomic E-state index is 11.6. The third-order valence-electron chi connectivity index (χ3n) is 1.93. The Morgan fingerprint density at radius 3 is 2.20 bits per heavy atom. The molecular weight excluding hydrogens is 218 g/mol. The zero-order valence-corrected chi connectivity index (χ0v) is 8.86. The first-order valence-corrected chi connectivity index (χ1v) is 5.69. The van der Waals surface area contributed by atoms with Crippen molar-refractivity contribution in [3.63, 3.8) is 0 Å². The predicted octanol–water partition coefficient (Wildman–Crippen LogP) is 0.138. The average Bonchev–Trinajstić information content (AvgIpc) is 2.17. The Bertz CT molecular complexity index is 463. The molecule has 6 heteroatoms. The molecule has 1 aromatic rings. The summed E-state index contributed by atoms with van der Waals surface area (Å²) >= 11 is 0. The van der Waals surface area contributed by atoms with E-state index in [0.717, 1.165) is 5.56 Å². The fourth-order valence-electron chi connectivity index (χ4n) is 1.01. The van der Waals surface area contributed by atoms with Gasteiger partial charge in [-0.1, -0.05) is 17.7 Å². The smallest absolute Gasteiger partial charge is 0.336 e. The molecular formula is C9H11NO4S. The Balaban J connectivity index is 3.17. The van der Waals surface area contributed by atoms with Crippen LogP contribution in [0.25, 0.3) is 0 Å². The number of benzene rings is 1. The van der Waals surface area contributed by atoms with Crippen LogP contribution in [0.2, 0.25) is 0 Å². The van der Waals surface area contributed by atoms with E-state index in [1.54, 1.807) is 19.1 Å². The zero-order valence-electron chi connectivity index (χ0n) is 8.04. The molecule has 0 radical (unpaired) electrons. The van der Waals surface area contributed by atoms with Crippen molar-refractivity contribution in [2.24, 2.45) is 5.73 Å². The van der Waals surface area contributed by atoms with Crippen molar-refractivity contribution in [3.8, 4) is 0 Å². The van der Waals surface area contributed by atoms with Crippen LogP contribution in [0.4, 0.5) is 0 Å². The van der Waals surface area contributed by atoms with Gasteiger partial charge in [0, 0.05) is 0 Å². The second kappa shape index (κ2) is 4.00. The number of aliphatic carboxylic acids is 1. The van der Waals surface area contributed by atoms with Crippen molar-refractivity contribution in [3.05, 3.63) is 29.8 Å². The molecule has 1 rings (SSSR count). The molecule has 5 nitrogen and oxygen atoms in total. The van der Waals surface area contributed by atoms with E-state index in [-0.39, 0.29) is 4.90 Å². The number of hydrogen-bond acceptors (Lipinski definition) is 4. The predicted molar refractivity (Wildman–Crippen MR) is 54.0 cm³/mol. The van der Waals surface area contributed by atoms with Crippen LogP contribution in [0.3, 0.4) is 0 Å². The molecule has 0 aliphatic rings. The topological polar surface area (TPSA) is 97.5 Å². The fraction of sp³-hybridized carbons (Fsp3) is 0.222. The summed E-state index contributed by atoms with van der Waals surface area (Å²) in [7, 11) is -3.98. The van der Waals surface area contributed by atoms with E-state index < -0.39 is 21.2 Å². The third kappa shape index (κ3) is 2.34. The Labute approximate surface area is 87.4 Å². The summed E-state index contributed by atoms with van der Waals surface area (Å²) in [6.45, 7) is 1.80. The fourth-order valence-corrected chi connectivity index (χ4v) is 2.08. The molecule has 1 aromatic carbocycles. The van der Waals surface area contributed by atoms with E-state index in [2.05, 4.69) is 0 Å². The first-order valence-electron chi connectivity index (χ1n) is 4.14. The van der Waals surface area contributed by atoms with Gasteiger partial charge in [0.15, 0.2) is 0 Å². The normalized spacial score (nSPS) is 13.5. The molecule has 3 N–H and O–H groups in total. The van der Waals surface area contributed by atoms with Gasteiger partial charge in [-0.25, -0.2) is 13.2 Å². The highest BCUT2D eigenvalue weighted by Crippen LogP contribution is 2.14. The van der Waals surface area contributed by atoms with E-state index in [4.69, 9.17) is 10.8 Å². The summed E-state index contributed by atoms with van der Waals surface area (Å²) < 4.78 is 23.2. The van der Waals surface area contributed by atoms with Crippen LogP contribution in [0.15, 0.2) is 29.2 Å². The van der Waals surface area contributed by atoms with E-state index in [1.807, 2.05) is 0 Å². The Morgan fingerprint density at radius 1 is 1.33 bits per heavy atom.